The standard InChI is InChI=1S/C15H22N2/c1-6-11(4)13-9-16-10-14(17-8-3)15(13)12(5)7-2/h8-11H,5-7H2,1-4H3. The summed E-state index contributed by atoms with van der Waals surface area (Å²) in [5, 5.41) is 0. The fourth-order valence-electron chi connectivity index (χ4n) is 1.86. The van der Waals surface area contributed by atoms with Crippen molar-refractivity contribution in [2.45, 2.75) is 46.5 Å². The number of aliphatic imine (C=N–C) groups is 1. The van der Waals surface area contributed by atoms with E-state index < -0.39 is 0 Å². The third kappa shape index (κ3) is 3.02. The number of hydrogen-bond acceptors (Lipinski definition) is 2. The predicted molar refractivity (Wildman–Crippen MR) is 76.1 cm³/mol. The highest BCUT2D eigenvalue weighted by Gasteiger charge is 2.14. The summed E-state index contributed by atoms with van der Waals surface area (Å²) in [6, 6.07) is 0. The van der Waals surface area contributed by atoms with E-state index in [2.05, 4.69) is 37.3 Å². The number of allylic oxidation sites excluding steroid dienone is 1. The van der Waals surface area contributed by atoms with Gasteiger partial charge < -0.3 is 0 Å². The summed E-state index contributed by atoms with van der Waals surface area (Å²) in [5.41, 5.74) is 4.54. The van der Waals surface area contributed by atoms with Gasteiger partial charge in [-0.15, -0.1) is 0 Å². The molecule has 0 fully saturated rings. The van der Waals surface area contributed by atoms with Crippen molar-refractivity contribution < 1.29 is 0 Å². The molecule has 0 bridgehead atoms. The van der Waals surface area contributed by atoms with E-state index in [0.717, 1.165) is 24.1 Å². The molecule has 1 rings (SSSR count). The molecule has 0 aliphatic heterocycles. The average molecular weight is 230 g/mol. The van der Waals surface area contributed by atoms with Crippen LogP contribution < -0.4 is 0 Å². The van der Waals surface area contributed by atoms with Crippen molar-refractivity contribution in [2.75, 3.05) is 0 Å². The Balaban J connectivity index is 3.39. The van der Waals surface area contributed by atoms with E-state index in [0.29, 0.717) is 5.92 Å². The predicted octanol–water partition coefficient (Wildman–Crippen LogP) is 4.74. The van der Waals surface area contributed by atoms with E-state index in [1.807, 2.05) is 25.5 Å². The Bertz CT molecular complexity index is 419. The second-order valence-corrected chi connectivity index (χ2v) is 4.28. The lowest BCUT2D eigenvalue weighted by molar-refractivity contribution is 0.727. The SMILES string of the molecule is C=C(CC)c1c(N=CC)cncc1C(C)CC. The van der Waals surface area contributed by atoms with Crippen molar-refractivity contribution in [3.05, 3.63) is 30.1 Å². The van der Waals surface area contributed by atoms with Crippen molar-refractivity contribution in [2.24, 2.45) is 4.99 Å². The van der Waals surface area contributed by atoms with Crippen LogP contribution in [0.4, 0.5) is 5.69 Å². The first-order valence-electron chi connectivity index (χ1n) is 6.30. The lowest BCUT2D eigenvalue weighted by atomic mass is 9.90. The summed E-state index contributed by atoms with van der Waals surface area (Å²) >= 11 is 0. The Morgan fingerprint density at radius 3 is 2.71 bits per heavy atom. The third-order valence-corrected chi connectivity index (χ3v) is 3.15. The van der Waals surface area contributed by atoms with Gasteiger partial charge in [-0.25, -0.2) is 0 Å². The van der Waals surface area contributed by atoms with Crippen LogP contribution in [0.15, 0.2) is 24.0 Å². The van der Waals surface area contributed by atoms with E-state index >= 15 is 0 Å². The van der Waals surface area contributed by atoms with Gasteiger partial charge in [-0.2, -0.15) is 0 Å². The van der Waals surface area contributed by atoms with E-state index in [1.54, 1.807) is 0 Å². The van der Waals surface area contributed by atoms with Crippen LogP contribution >= 0.6 is 0 Å². The zero-order valence-electron chi connectivity index (χ0n) is 11.3. The summed E-state index contributed by atoms with van der Waals surface area (Å²) in [6.45, 7) is 12.6. The van der Waals surface area contributed by atoms with E-state index in [1.165, 1.54) is 11.1 Å². The highest BCUT2D eigenvalue weighted by molar-refractivity contribution is 5.77. The summed E-state index contributed by atoms with van der Waals surface area (Å²) in [6.07, 6.45) is 7.63. The molecule has 2 nitrogen and oxygen atoms in total. The normalized spacial score (nSPS) is 12.9. The zero-order chi connectivity index (χ0) is 12.8. The number of pyridine rings is 1. The molecule has 0 aliphatic rings. The number of nitrogens with zero attached hydrogens (tertiary/aromatic N) is 2. The van der Waals surface area contributed by atoms with Crippen LogP contribution in [0.1, 0.15) is 57.6 Å². The molecule has 0 radical (unpaired) electrons. The fourth-order valence-corrected chi connectivity index (χ4v) is 1.86. The summed E-state index contributed by atoms with van der Waals surface area (Å²) in [5.74, 6) is 0.493. The fraction of sp³-hybridized carbons (Fsp3) is 0.467. The molecule has 0 amide bonds. The van der Waals surface area contributed by atoms with Crippen LogP contribution in [0.2, 0.25) is 0 Å². The molecule has 1 aromatic rings. The summed E-state index contributed by atoms with van der Waals surface area (Å²) in [7, 11) is 0. The Labute approximate surface area is 105 Å². The molecular formula is C15H22N2. The second kappa shape index (κ2) is 6.33. The van der Waals surface area contributed by atoms with Crippen LogP contribution in [0, 0.1) is 0 Å². The van der Waals surface area contributed by atoms with Gasteiger partial charge in [0.15, 0.2) is 0 Å². The molecule has 0 N–H and O–H groups in total. The van der Waals surface area contributed by atoms with Crippen molar-refractivity contribution in [3.8, 4) is 0 Å². The molecular weight excluding hydrogens is 208 g/mol. The third-order valence-electron chi connectivity index (χ3n) is 3.15. The summed E-state index contributed by atoms with van der Waals surface area (Å²) in [4.78, 5) is 8.70. The minimum Gasteiger partial charge on any atom is -0.262 e. The van der Waals surface area contributed by atoms with Gasteiger partial charge in [-0.3, -0.25) is 9.98 Å². The van der Waals surface area contributed by atoms with Gasteiger partial charge >= 0.3 is 0 Å². The van der Waals surface area contributed by atoms with E-state index in [-0.39, 0.29) is 0 Å². The molecule has 92 valence electrons. The van der Waals surface area contributed by atoms with Gasteiger partial charge in [-0.05, 0) is 36.8 Å². The number of aromatic nitrogens is 1. The molecule has 0 aromatic carbocycles. The Morgan fingerprint density at radius 2 is 2.18 bits per heavy atom. The number of rotatable bonds is 5. The Morgan fingerprint density at radius 1 is 1.47 bits per heavy atom. The Kier molecular flexibility index (Phi) is 5.08. The van der Waals surface area contributed by atoms with Gasteiger partial charge in [-0.1, -0.05) is 27.4 Å². The summed E-state index contributed by atoms with van der Waals surface area (Å²) < 4.78 is 0. The molecule has 1 unspecified atom stereocenters. The number of hydrogen-bond donors (Lipinski definition) is 0. The maximum absolute atomic E-state index is 4.40. The van der Waals surface area contributed by atoms with Gasteiger partial charge in [0.25, 0.3) is 0 Å². The quantitative estimate of drug-likeness (QED) is 0.671. The maximum atomic E-state index is 4.40. The molecule has 0 saturated carbocycles. The lowest BCUT2D eigenvalue weighted by Crippen LogP contribution is -1.99. The molecule has 0 saturated heterocycles. The van der Waals surface area contributed by atoms with Crippen molar-refractivity contribution in [3.63, 3.8) is 0 Å². The second-order valence-electron chi connectivity index (χ2n) is 4.28. The van der Waals surface area contributed by atoms with Crippen LogP contribution in [0.3, 0.4) is 0 Å². The monoisotopic (exact) mass is 230 g/mol. The molecule has 1 heterocycles. The zero-order valence-corrected chi connectivity index (χ0v) is 11.3. The van der Waals surface area contributed by atoms with Gasteiger partial charge in [0, 0.05) is 18.0 Å². The highest BCUT2D eigenvalue weighted by atomic mass is 14.8. The minimum absolute atomic E-state index is 0.493. The molecule has 17 heavy (non-hydrogen) atoms. The van der Waals surface area contributed by atoms with Gasteiger partial charge in [0.2, 0.25) is 0 Å². The molecule has 1 aromatic heterocycles. The first-order chi connectivity index (χ1) is 8.15. The van der Waals surface area contributed by atoms with Crippen LogP contribution in [0.25, 0.3) is 5.57 Å². The van der Waals surface area contributed by atoms with Crippen molar-refractivity contribution >= 4 is 17.5 Å². The molecule has 0 aliphatic carbocycles. The highest BCUT2D eigenvalue weighted by Crippen LogP contribution is 2.34. The van der Waals surface area contributed by atoms with Crippen LogP contribution in [0.5, 0.6) is 0 Å². The van der Waals surface area contributed by atoms with Crippen molar-refractivity contribution in [1.82, 2.24) is 4.98 Å². The smallest absolute Gasteiger partial charge is 0.0886 e. The lowest BCUT2D eigenvalue weighted by Gasteiger charge is -2.17. The largest absolute Gasteiger partial charge is 0.262 e. The molecule has 0 spiro atoms. The van der Waals surface area contributed by atoms with E-state index in [9.17, 15) is 0 Å². The minimum atomic E-state index is 0.493. The first-order valence-corrected chi connectivity index (χ1v) is 6.30. The van der Waals surface area contributed by atoms with Crippen molar-refractivity contribution in [1.29, 1.82) is 0 Å². The van der Waals surface area contributed by atoms with E-state index in [4.69, 9.17) is 0 Å². The first kappa shape index (κ1) is 13.6. The average Bonchev–Trinajstić information content (AvgIpc) is 2.37. The van der Waals surface area contributed by atoms with Gasteiger partial charge in [0.05, 0.1) is 11.9 Å². The van der Waals surface area contributed by atoms with Gasteiger partial charge in [0.1, 0.15) is 0 Å². The topological polar surface area (TPSA) is 25.2 Å². The van der Waals surface area contributed by atoms with Crippen LogP contribution in [-0.4, -0.2) is 11.2 Å². The molecule has 2 heteroatoms. The van der Waals surface area contributed by atoms with Crippen LogP contribution in [-0.2, 0) is 0 Å². The maximum Gasteiger partial charge on any atom is 0.0886 e. The molecule has 1 atom stereocenters. The Hall–Kier alpha value is -1.44.